The lowest BCUT2D eigenvalue weighted by atomic mass is 10.3. The molecule has 0 bridgehead atoms. The predicted octanol–water partition coefficient (Wildman–Crippen LogP) is 2.26. The Kier molecular flexibility index (Phi) is 4.58. The van der Waals surface area contributed by atoms with Gasteiger partial charge in [0.05, 0.1) is 12.7 Å². The van der Waals surface area contributed by atoms with Crippen LogP contribution in [-0.2, 0) is 4.74 Å². The van der Waals surface area contributed by atoms with Gasteiger partial charge in [0.2, 0.25) is 0 Å². The first-order valence-electron chi connectivity index (χ1n) is 6.99. The second-order valence-electron chi connectivity index (χ2n) is 5.33. The van der Waals surface area contributed by atoms with Gasteiger partial charge in [-0.2, -0.15) is 0 Å². The minimum absolute atomic E-state index is 0.272. The Morgan fingerprint density at radius 2 is 2.16 bits per heavy atom. The molecule has 106 valence electrons. The molecule has 1 N–H and O–H groups in total. The van der Waals surface area contributed by atoms with E-state index < -0.39 is 0 Å². The van der Waals surface area contributed by atoms with Gasteiger partial charge in [-0.25, -0.2) is 9.97 Å². The molecule has 1 aromatic heterocycles. The van der Waals surface area contributed by atoms with E-state index in [1.54, 1.807) is 0 Å². The number of aromatic nitrogens is 2. The Bertz CT molecular complexity index is 418. The molecule has 1 fully saturated rings. The third-order valence-electron chi connectivity index (χ3n) is 3.20. The number of likely N-dealkylation sites (N-methyl/N-ethyl adjacent to an activating group) is 1. The lowest BCUT2D eigenvalue weighted by Crippen LogP contribution is -2.25. The molecule has 0 atom stereocenters. The molecule has 1 aliphatic rings. The van der Waals surface area contributed by atoms with Crippen molar-refractivity contribution in [2.75, 3.05) is 37.5 Å². The molecule has 1 heterocycles. The summed E-state index contributed by atoms with van der Waals surface area (Å²) >= 11 is 0. The highest BCUT2D eigenvalue weighted by Crippen LogP contribution is 2.39. The smallest absolute Gasteiger partial charge is 0.136 e. The Labute approximate surface area is 115 Å². The summed E-state index contributed by atoms with van der Waals surface area (Å²) in [6.45, 7) is 5.65. The number of anilines is 2. The highest BCUT2D eigenvalue weighted by atomic mass is 16.5. The maximum Gasteiger partial charge on any atom is 0.136 e. The lowest BCUT2D eigenvalue weighted by molar-refractivity contribution is 0.0845. The summed E-state index contributed by atoms with van der Waals surface area (Å²) in [5.74, 6) is 3.39. The Hall–Kier alpha value is -1.36. The van der Waals surface area contributed by atoms with Gasteiger partial charge in [0.15, 0.2) is 0 Å². The number of rotatable bonds is 7. The van der Waals surface area contributed by atoms with Gasteiger partial charge in [-0.1, -0.05) is 0 Å². The van der Waals surface area contributed by atoms with Crippen LogP contribution in [0.3, 0.4) is 0 Å². The topological polar surface area (TPSA) is 50.3 Å². The average Bonchev–Trinajstić information content (AvgIpc) is 3.21. The molecule has 2 rings (SSSR count). The van der Waals surface area contributed by atoms with E-state index in [0.29, 0.717) is 12.5 Å². The molecule has 1 aromatic rings. The number of nitrogens with one attached hydrogen (secondary N) is 1. The zero-order valence-electron chi connectivity index (χ0n) is 12.3. The maximum absolute atomic E-state index is 5.58. The summed E-state index contributed by atoms with van der Waals surface area (Å²) in [6.07, 6.45) is 2.70. The summed E-state index contributed by atoms with van der Waals surface area (Å²) in [5.41, 5.74) is 0. The molecule has 0 aromatic carbocycles. The van der Waals surface area contributed by atoms with Crippen LogP contribution in [0.1, 0.15) is 38.4 Å². The largest absolute Gasteiger partial charge is 0.377 e. The van der Waals surface area contributed by atoms with Crippen LogP contribution in [0.5, 0.6) is 0 Å². The van der Waals surface area contributed by atoms with Crippen molar-refractivity contribution in [3.63, 3.8) is 0 Å². The monoisotopic (exact) mass is 264 g/mol. The molecule has 0 radical (unpaired) electrons. The number of ether oxygens (including phenoxy) is 1. The molecule has 0 saturated heterocycles. The van der Waals surface area contributed by atoms with Gasteiger partial charge in [-0.3, -0.25) is 0 Å². The first-order valence-corrected chi connectivity index (χ1v) is 6.99. The van der Waals surface area contributed by atoms with Gasteiger partial charge >= 0.3 is 0 Å². The van der Waals surface area contributed by atoms with Gasteiger partial charge in [0, 0.05) is 32.6 Å². The average molecular weight is 264 g/mol. The minimum Gasteiger partial charge on any atom is -0.377 e. The van der Waals surface area contributed by atoms with E-state index >= 15 is 0 Å². The van der Waals surface area contributed by atoms with Crippen molar-refractivity contribution in [2.45, 2.75) is 38.7 Å². The van der Waals surface area contributed by atoms with E-state index in [0.717, 1.165) is 24.0 Å². The summed E-state index contributed by atoms with van der Waals surface area (Å²) in [7, 11) is 3.94. The molecular formula is C14H24N4O. The van der Waals surface area contributed by atoms with Gasteiger partial charge in [-0.15, -0.1) is 0 Å². The third-order valence-corrected chi connectivity index (χ3v) is 3.20. The summed E-state index contributed by atoms with van der Waals surface area (Å²) in [5, 5.41) is 3.11. The lowest BCUT2D eigenvalue weighted by Gasteiger charge is -2.20. The molecule has 1 saturated carbocycles. The van der Waals surface area contributed by atoms with E-state index in [-0.39, 0.29) is 6.10 Å². The Morgan fingerprint density at radius 3 is 2.74 bits per heavy atom. The summed E-state index contributed by atoms with van der Waals surface area (Å²) < 4.78 is 5.58. The van der Waals surface area contributed by atoms with Crippen LogP contribution < -0.4 is 10.2 Å². The number of nitrogens with zero attached hydrogens (tertiary/aromatic N) is 3. The van der Waals surface area contributed by atoms with Crippen molar-refractivity contribution in [3.05, 3.63) is 11.9 Å². The van der Waals surface area contributed by atoms with Crippen LogP contribution in [0, 0.1) is 0 Å². The standard InChI is InChI=1S/C14H24N4O/c1-10(2)19-8-7-18(4)13-9-12(15-3)16-14(17-13)11-5-6-11/h9-11H,5-8H2,1-4H3,(H,15,16,17). The number of hydrogen-bond acceptors (Lipinski definition) is 5. The van der Waals surface area contributed by atoms with E-state index in [1.807, 2.05) is 20.2 Å². The third kappa shape index (κ3) is 4.06. The van der Waals surface area contributed by atoms with E-state index in [1.165, 1.54) is 12.8 Å². The van der Waals surface area contributed by atoms with Crippen molar-refractivity contribution in [2.24, 2.45) is 0 Å². The molecule has 0 unspecified atom stereocenters. The van der Waals surface area contributed by atoms with Gasteiger partial charge in [0.25, 0.3) is 0 Å². The van der Waals surface area contributed by atoms with Crippen LogP contribution in [0.4, 0.5) is 11.6 Å². The van der Waals surface area contributed by atoms with Crippen molar-refractivity contribution < 1.29 is 4.74 Å². The second-order valence-corrected chi connectivity index (χ2v) is 5.33. The normalized spacial score (nSPS) is 14.8. The van der Waals surface area contributed by atoms with Crippen LogP contribution in [-0.4, -0.2) is 43.3 Å². The van der Waals surface area contributed by atoms with Gasteiger partial charge in [-0.05, 0) is 26.7 Å². The second kappa shape index (κ2) is 6.19. The van der Waals surface area contributed by atoms with E-state index in [4.69, 9.17) is 4.74 Å². The van der Waals surface area contributed by atoms with Crippen LogP contribution >= 0.6 is 0 Å². The molecule has 0 spiro atoms. The van der Waals surface area contributed by atoms with Gasteiger partial charge < -0.3 is 15.0 Å². The highest BCUT2D eigenvalue weighted by Gasteiger charge is 2.27. The SMILES string of the molecule is CNc1cc(N(C)CCOC(C)C)nc(C2CC2)n1. The van der Waals surface area contributed by atoms with Crippen molar-refractivity contribution in [3.8, 4) is 0 Å². The Morgan fingerprint density at radius 1 is 1.42 bits per heavy atom. The fraction of sp³-hybridized carbons (Fsp3) is 0.714. The van der Waals surface area contributed by atoms with Crippen molar-refractivity contribution in [1.29, 1.82) is 0 Å². The summed E-state index contributed by atoms with van der Waals surface area (Å²) in [6, 6.07) is 1.99. The number of hydrogen-bond donors (Lipinski definition) is 1. The first kappa shape index (κ1) is 14.1. The molecular weight excluding hydrogens is 240 g/mol. The van der Waals surface area contributed by atoms with E-state index in [2.05, 4.69) is 34.0 Å². The van der Waals surface area contributed by atoms with Gasteiger partial charge in [0.1, 0.15) is 17.5 Å². The molecule has 0 amide bonds. The molecule has 19 heavy (non-hydrogen) atoms. The van der Waals surface area contributed by atoms with Crippen LogP contribution in [0.15, 0.2) is 6.07 Å². The minimum atomic E-state index is 0.272. The zero-order chi connectivity index (χ0) is 13.8. The quantitative estimate of drug-likeness (QED) is 0.818. The Balaban J connectivity index is 2.02. The van der Waals surface area contributed by atoms with E-state index in [9.17, 15) is 0 Å². The van der Waals surface area contributed by atoms with Crippen molar-refractivity contribution in [1.82, 2.24) is 9.97 Å². The zero-order valence-corrected chi connectivity index (χ0v) is 12.3. The molecule has 5 nitrogen and oxygen atoms in total. The molecule has 0 aliphatic heterocycles. The molecule has 5 heteroatoms. The summed E-state index contributed by atoms with van der Waals surface area (Å²) in [4.78, 5) is 11.3. The predicted molar refractivity (Wildman–Crippen MR) is 77.9 cm³/mol. The molecule has 1 aliphatic carbocycles. The van der Waals surface area contributed by atoms with Crippen LogP contribution in [0.25, 0.3) is 0 Å². The fourth-order valence-corrected chi connectivity index (χ4v) is 1.84. The fourth-order valence-electron chi connectivity index (χ4n) is 1.84. The van der Waals surface area contributed by atoms with Crippen LogP contribution in [0.2, 0.25) is 0 Å². The highest BCUT2D eigenvalue weighted by molar-refractivity contribution is 5.49. The first-order chi connectivity index (χ1) is 9.10. The maximum atomic E-state index is 5.58. The van der Waals surface area contributed by atoms with Crippen molar-refractivity contribution >= 4 is 11.6 Å².